The van der Waals surface area contributed by atoms with Crippen molar-refractivity contribution < 1.29 is 0 Å². The first-order chi connectivity index (χ1) is 8.90. The molecule has 3 nitrogen and oxygen atoms in total. The molecule has 0 atom stereocenters. The number of nitrogens with one attached hydrogen (secondary N) is 1. The number of nitrogens with zero attached hydrogens (tertiary/aromatic N) is 2. The molecule has 4 heteroatoms. The maximum Gasteiger partial charge on any atom is 0.124 e. The van der Waals surface area contributed by atoms with Crippen LogP contribution < -0.4 is 0 Å². The molecule has 0 aliphatic rings. The van der Waals surface area contributed by atoms with Gasteiger partial charge in [0, 0.05) is 10.9 Å². The zero-order valence-electron chi connectivity index (χ0n) is 9.42. The van der Waals surface area contributed by atoms with E-state index in [1.807, 2.05) is 24.4 Å². The van der Waals surface area contributed by atoms with Gasteiger partial charge >= 0.3 is 0 Å². The lowest BCUT2D eigenvalue weighted by atomic mass is 10.2. The van der Waals surface area contributed by atoms with Crippen LogP contribution in [0.1, 0.15) is 0 Å². The highest BCUT2D eigenvalue weighted by Crippen LogP contribution is 2.31. The van der Waals surface area contributed by atoms with Crippen LogP contribution in [0.4, 0.5) is 0 Å². The van der Waals surface area contributed by atoms with Gasteiger partial charge in [0.25, 0.3) is 0 Å². The van der Waals surface area contributed by atoms with Crippen molar-refractivity contribution in [2.24, 2.45) is 0 Å². The second-order valence-electron chi connectivity index (χ2n) is 4.16. The third kappa shape index (κ3) is 1.43. The molecule has 86 valence electrons. The Bertz CT molecular complexity index is 811. The van der Waals surface area contributed by atoms with Crippen molar-refractivity contribution in [1.29, 1.82) is 0 Å². The van der Waals surface area contributed by atoms with Crippen molar-refractivity contribution in [3.05, 3.63) is 48.7 Å². The number of hydrogen-bond donors (Lipinski definition) is 1. The standard InChI is InChI=1S/C14H9N3S/c1-2-4-13-11(3-1)16-14(18-13)9-5-6-10-8-15-17-12(10)7-9/h1-8H,(H,15,17). The molecule has 0 saturated carbocycles. The predicted molar refractivity (Wildman–Crippen MR) is 74.7 cm³/mol. The highest BCUT2D eigenvalue weighted by Gasteiger charge is 2.06. The number of aromatic nitrogens is 3. The highest BCUT2D eigenvalue weighted by molar-refractivity contribution is 7.21. The number of hydrogen-bond acceptors (Lipinski definition) is 3. The Morgan fingerprint density at radius 3 is 2.94 bits per heavy atom. The van der Waals surface area contributed by atoms with Crippen molar-refractivity contribution in [3.63, 3.8) is 0 Å². The van der Waals surface area contributed by atoms with E-state index >= 15 is 0 Å². The summed E-state index contributed by atoms with van der Waals surface area (Å²) in [5, 5.41) is 9.20. The molecule has 0 spiro atoms. The molecule has 18 heavy (non-hydrogen) atoms. The van der Waals surface area contributed by atoms with E-state index < -0.39 is 0 Å². The average Bonchev–Trinajstić information content (AvgIpc) is 3.04. The van der Waals surface area contributed by atoms with Gasteiger partial charge in [-0.25, -0.2) is 4.98 Å². The van der Waals surface area contributed by atoms with Gasteiger partial charge in [-0.2, -0.15) is 5.10 Å². The summed E-state index contributed by atoms with van der Waals surface area (Å²) in [5.74, 6) is 0. The van der Waals surface area contributed by atoms with Gasteiger partial charge in [-0.15, -0.1) is 11.3 Å². The normalized spacial score (nSPS) is 11.3. The van der Waals surface area contributed by atoms with E-state index in [1.54, 1.807) is 11.3 Å². The topological polar surface area (TPSA) is 41.6 Å². The van der Waals surface area contributed by atoms with Crippen molar-refractivity contribution in [1.82, 2.24) is 15.2 Å². The molecule has 0 amide bonds. The van der Waals surface area contributed by atoms with Gasteiger partial charge in [-0.05, 0) is 18.2 Å². The van der Waals surface area contributed by atoms with Crippen molar-refractivity contribution in [2.75, 3.05) is 0 Å². The fourth-order valence-electron chi connectivity index (χ4n) is 2.07. The Balaban J connectivity index is 1.94. The summed E-state index contributed by atoms with van der Waals surface area (Å²) in [7, 11) is 0. The van der Waals surface area contributed by atoms with E-state index in [2.05, 4.69) is 39.4 Å². The Labute approximate surface area is 107 Å². The number of fused-ring (bicyclic) bond motifs is 2. The summed E-state index contributed by atoms with van der Waals surface area (Å²) >= 11 is 1.72. The largest absolute Gasteiger partial charge is 0.278 e. The second kappa shape index (κ2) is 3.65. The first-order valence-corrected chi connectivity index (χ1v) is 6.51. The Hall–Kier alpha value is -2.20. The Morgan fingerprint density at radius 2 is 2.00 bits per heavy atom. The minimum atomic E-state index is 1.05. The van der Waals surface area contributed by atoms with Gasteiger partial charge < -0.3 is 0 Å². The number of aromatic amines is 1. The zero-order valence-corrected chi connectivity index (χ0v) is 10.2. The lowest BCUT2D eigenvalue weighted by Crippen LogP contribution is -1.76. The molecular formula is C14H9N3S. The zero-order chi connectivity index (χ0) is 11.9. The average molecular weight is 251 g/mol. The first-order valence-electron chi connectivity index (χ1n) is 5.69. The Kier molecular flexibility index (Phi) is 1.98. The molecule has 0 aliphatic carbocycles. The van der Waals surface area contributed by atoms with Crippen LogP contribution in [0.3, 0.4) is 0 Å². The second-order valence-corrected chi connectivity index (χ2v) is 5.19. The summed E-state index contributed by atoms with van der Waals surface area (Å²) in [5.41, 5.74) is 3.24. The maximum absolute atomic E-state index is 4.66. The summed E-state index contributed by atoms with van der Waals surface area (Å²) in [6.07, 6.45) is 1.83. The number of benzene rings is 2. The van der Waals surface area contributed by atoms with Gasteiger partial charge in [0.15, 0.2) is 0 Å². The van der Waals surface area contributed by atoms with Gasteiger partial charge in [-0.3, -0.25) is 5.10 Å². The number of rotatable bonds is 1. The van der Waals surface area contributed by atoms with E-state index in [4.69, 9.17) is 0 Å². The minimum Gasteiger partial charge on any atom is -0.278 e. The molecule has 0 unspecified atom stereocenters. The molecule has 0 fully saturated rings. The molecule has 2 aromatic carbocycles. The van der Waals surface area contributed by atoms with Crippen LogP contribution in [0.15, 0.2) is 48.7 Å². The lowest BCUT2D eigenvalue weighted by Gasteiger charge is -1.95. The number of thiazole rings is 1. The monoisotopic (exact) mass is 251 g/mol. The lowest BCUT2D eigenvalue weighted by molar-refractivity contribution is 1.12. The number of H-pyrrole nitrogens is 1. The van der Waals surface area contributed by atoms with E-state index in [9.17, 15) is 0 Å². The van der Waals surface area contributed by atoms with E-state index in [-0.39, 0.29) is 0 Å². The fraction of sp³-hybridized carbons (Fsp3) is 0. The van der Waals surface area contributed by atoms with Crippen LogP contribution in [0.5, 0.6) is 0 Å². The maximum atomic E-state index is 4.66. The molecule has 2 heterocycles. The van der Waals surface area contributed by atoms with Gasteiger partial charge in [-0.1, -0.05) is 24.3 Å². The first kappa shape index (κ1) is 9.79. The van der Waals surface area contributed by atoms with Crippen LogP contribution in [0.2, 0.25) is 0 Å². The molecule has 4 rings (SSSR count). The Morgan fingerprint density at radius 1 is 1.06 bits per heavy atom. The summed E-state index contributed by atoms with van der Waals surface area (Å²) in [6.45, 7) is 0. The molecule has 0 radical (unpaired) electrons. The van der Waals surface area contributed by atoms with Crippen molar-refractivity contribution in [2.45, 2.75) is 0 Å². The third-order valence-electron chi connectivity index (χ3n) is 2.98. The number of para-hydroxylation sites is 1. The molecule has 0 aliphatic heterocycles. The van der Waals surface area contributed by atoms with E-state index in [1.165, 1.54) is 4.70 Å². The van der Waals surface area contributed by atoms with Crippen LogP contribution in [-0.2, 0) is 0 Å². The molecule has 0 saturated heterocycles. The predicted octanol–water partition coefficient (Wildman–Crippen LogP) is 3.84. The summed E-state index contributed by atoms with van der Waals surface area (Å²) in [6, 6.07) is 14.5. The molecule has 1 N–H and O–H groups in total. The molecule has 4 aromatic rings. The van der Waals surface area contributed by atoms with Gasteiger partial charge in [0.1, 0.15) is 5.01 Å². The quantitative estimate of drug-likeness (QED) is 0.558. The van der Waals surface area contributed by atoms with Crippen LogP contribution in [0.25, 0.3) is 31.7 Å². The van der Waals surface area contributed by atoms with Crippen LogP contribution in [-0.4, -0.2) is 15.2 Å². The SMILES string of the molecule is c1ccc2sc(-c3ccc4cn[nH]c4c3)nc2c1. The third-order valence-corrected chi connectivity index (χ3v) is 4.07. The van der Waals surface area contributed by atoms with E-state index in [0.29, 0.717) is 0 Å². The smallest absolute Gasteiger partial charge is 0.124 e. The molecule has 2 aromatic heterocycles. The van der Waals surface area contributed by atoms with Crippen molar-refractivity contribution in [3.8, 4) is 10.6 Å². The minimum absolute atomic E-state index is 1.05. The summed E-state index contributed by atoms with van der Waals surface area (Å²) < 4.78 is 1.22. The van der Waals surface area contributed by atoms with Crippen LogP contribution >= 0.6 is 11.3 Å². The van der Waals surface area contributed by atoms with E-state index in [0.717, 1.165) is 27.0 Å². The van der Waals surface area contributed by atoms with Crippen molar-refractivity contribution >= 4 is 32.5 Å². The fourth-order valence-corrected chi connectivity index (χ4v) is 3.03. The van der Waals surface area contributed by atoms with Gasteiger partial charge in [0.2, 0.25) is 0 Å². The molecule has 0 bridgehead atoms. The summed E-state index contributed by atoms with van der Waals surface area (Å²) in [4.78, 5) is 4.66. The molecular weight excluding hydrogens is 242 g/mol. The van der Waals surface area contributed by atoms with Gasteiger partial charge in [0.05, 0.1) is 21.9 Å². The van der Waals surface area contributed by atoms with Crippen LogP contribution in [0, 0.1) is 0 Å². The highest BCUT2D eigenvalue weighted by atomic mass is 32.1.